The maximum absolute atomic E-state index is 13.3. The van der Waals surface area contributed by atoms with Gasteiger partial charge in [0.15, 0.2) is 0 Å². The van der Waals surface area contributed by atoms with Crippen LogP contribution in [0.15, 0.2) is 18.5 Å². The van der Waals surface area contributed by atoms with Crippen LogP contribution in [0.4, 0.5) is 17.5 Å². The van der Waals surface area contributed by atoms with E-state index in [0.717, 1.165) is 42.4 Å². The molecule has 0 atom stereocenters. The highest BCUT2D eigenvalue weighted by atomic mass is 16.5. The molecule has 0 bridgehead atoms. The summed E-state index contributed by atoms with van der Waals surface area (Å²) >= 11 is 0. The fourth-order valence-corrected chi connectivity index (χ4v) is 4.25. The maximum Gasteiger partial charge on any atom is 0.284 e. The third kappa shape index (κ3) is 3.11. The third-order valence-electron chi connectivity index (χ3n) is 5.49. The Morgan fingerprint density at radius 1 is 1.25 bits per heavy atom. The van der Waals surface area contributed by atoms with Gasteiger partial charge in [0.1, 0.15) is 23.4 Å². The molecule has 1 amide bonds. The van der Waals surface area contributed by atoms with Crippen LogP contribution in [0.25, 0.3) is 0 Å². The molecule has 0 saturated heterocycles. The summed E-state index contributed by atoms with van der Waals surface area (Å²) in [7, 11) is 0. The zero-order valence-corrected chi connectivity index (χ0v) is 15.8. The highest BCUT2D eigenvalue weighted by Crippen LogP contribution is 2.42. The van der Waals surface area contributed by atoms with Crippen LogP contribution in [0.5, 0.6) is 0 Å². The second kappa shape index (κ2) is 7.23. The predicted molar refractivity (Wildman–Crippen MR) is 103 cm³/mol. The summed E-state index contributed by atoms with van der Waals surface area (Å²) in [5.74, 6) is 1.16. The van der Waals surface area contributed by atoms with E-state index < -0.39 is 5.54 Å². The zero-order valence-electron chi connectivity index (χ0n) is 15.8. The van der Waals surface area contributed by atoms with Crippen LogP contribution in [0.1, 0.15) is 53.7 Å². The van der Waals surface area contributed by atoms with Gasteiger partial charge in [-0.3, -0.25) is 4.79 Å². The minimum atomic E-state index is -0.575. The summed E-state index contributed by atoms with van der Waals surface area (Å²) in [6.07, 6.45) is 6.03. The molecule has 2 aromatic rings. The van der Waals surface area contributed by atoms with Gasteiger partial charge in [0, 0.05) is 18.7 Å². The maximum atomic E-state index is 13.3. The number of hydrogen-bond donors (Lipinski definition) is 4. The van der Waals surface area contributed by atoms with Gasteiger partial charge >= 0.3 is 0 Å². The van der Waals surface area contributed by atoms with Crippen LogP contribution in [0.2, 0.25) is 0 Å². The molecule has 1 aliphatic carbocycles. The molecule has 148 valence electrons. The van der Waals surface area contributed by atoms with Crippen molar-refractivity contribution < 1.29 is 14.6 Å². The third-order valence-corrected chi connectivity index (χ3v) is 5.49. The van der Waals surface area contributed by atoms with Crippen molar-refractivity contribution in [3.63, 3.8) is 0 Å². The zero-order chi connectivity index (χ0) is 19.7. The SMILES string of the molecule is Cc1cc(Nc2cc(NCCO)ncn2)[n+]([O-])c2c1C(=O)NC21CCCCC1. The molecule has 9 nitrogen and oxygen atoms in total. The number of nitrogens with one attached hydrogen (secondary N) is 3. The van der Waals surface area contributed by atoms with Gasteiger partial charge in [-0.2, -0.15) is 4.98 Å². The first-order chi connectivity index (χ1) is 13.5. The van der Waals surface area contributed by atoms with Crippen molar-refractivity contribution in [2.75, 3.05) is 23.8 Å². The summed E-state index contributed by atoms with van der Waals surface area (Å²) in [5, 5.41) is 31.3. The number of aliphatic hydroxyl groups excluding tert-OH is 1. The second-order valence-corrected chi connectivity index (χ2v) is 7.39. The smallest absolute Gasteiger partial charge is 0.284 e. The Hall–Kier alpha value is -2.94. The first-order valence-corrected chi connectivity index (χ1v) is 9.58. The number of anilines is 3. The molecular weight excluding hydrogens is 360 g/mol. The summed E-state index contributed by atoms with van der Waals surface area (Å²) < 4.78 is 0.842. The Balaban J connectivity index is 1.71. The van der Waals surface area contributed by atoms with Crippen LogP contribution in [0, 0.1) is 12.1 Å². The number of rotatable bonds is 5. The quantitative estimate of drug-likeness (QED) is 0.454. The van der Waals surface area contributed by atoms with Crippen LogP contribution in [0.3, 0.4) is 0 Å². The molecule has 28 heavy (non-hydrogen) atoms. The molecule has 9 heteroatoms. The lowest BCUT2D eigenvalue weighted by molar-refractivity contribution is -0.603. The van der Waals surface area contributed by atoms with Gasteiger partial charge in [0.25, 0.3) is 11.7 Å². The van der Waals surface area contributed by atoms with Gasteiger partial charge < -0.3 is 20.9 Å². The van der Waals surface area contributed by atoms with Crippen LogP contribution >= 0.6 is 0 Å². The number of pyridine rings is 1. The van der Waals surface area contributed by atoms with Gasteiger partial charge in [0.2, 0.25) is 5.82 Å². The molecule has 0 radical (unpaired) electrons. The Labute approximate surface area is 162 Å². The van der Waals surface area contributed by atoms with E-state index in [-0.39, 0.29) is 12.5 Å². The molecule has 4 rings (SSSR count). The highest BCUT2D eigenvalue weighted by Gasteiger charge is 2.48. The Bertz CT molecular complexity index is 911. The number of aromatic nitrogens is 3. The number of aliphatic hydroxyl groups is 1. The van der Waals surface area contributed by atoms with Crippen LogP contribution in [-0.2, 0) is 5.54 Å². The molecule has 2 aliphatic rings. The van der Waals surface area contributed by atoms with Crippen LogP contribution < -0.4 is 20.7 Å². The summed E-state index contributed by atoms with van der Waals surface area (Å²) in [5.41, 5.74) is 1.20. The van der Waals surface area contributed by atoms with E-state index in [4.69, 9.17) is 5.11 Å². The van der Waals surface area contributed by atoms with E-state index in [1.165, 1.54) is 6.33 Å². The molecule has 1 saturated carbocycles. The molecule has 1 aliphatic heterocycles. The van der Waals surface area contributed by atoms with Crippen molar-refractivity contribution in [1.82, 2.24) is 15.3 Å². The summed E-state index contributed by atoms with van der Waals surface area (Å²) in [6, 6.07) is 3.34. The van der Waals surface area contributed by atoms with Crippen LogP contribution in [-0.4, -0.2) is 34.1 Å². The standard InChI is InChI=1S/C19H24N6O3/c1-12-9-15(23-14-10-13(20-7-8-26)21-11-22-14)25(28)17-16(12)18(27)24-19(17)5-3-2-4-6-19/h9-11,26H,2-8H2,1H3,(H,24,27)(H2,20,21,22,23). The van der Waals surface area contributed by atoms with Crippen molar-refractivity contribution in [3.8, 4) is 0 Å². The number of amides is 1. The summed E-state index contributed by atoms with van der Waals surface area (Å²) in [6.45, 7) is 2.20. The monoisotopic (exact) mass is 384 g/mol. The normalized spacial score (nSPS) is 17.3. The minimum Gasteiger partial charge on any atom is -0.710 e. The van der Waals surface area contributed by atoms with Gasteiger partial charge in [-0.1, -0.05) is 19.3 Å². The van der Waals surface area contributed by atoms with E-state index >= 15 is 0 Å². The summed E-state index contributed by atoms with van der Waals surface area (Å²) in [4.78, 5) is 20.8. The Morgan fingerprint density at radius 2 is 2.00 bits per heavy atom. The van der Waals surface area contributed by atoms with Crippen molar-refractivity contribution in [2.24, 2.45) is 0 Å². The first-order valence-electron chi connectivity index (χ1n) is 9.58. The predicted octanol–water partition coefficient (Wildman–Crippen LogP) is 1.47. The topological polar surface area (TPSA) is 126 Å². The average Bonchev–Trinajstić information content (AvgIpc) is 2.97. The van der Waals surface area contributed by atoms with Gasteiger partial charge in [-0.05, 0) is 25.3 Å². The lowest BCUT2D eigenvalue weighted by Gasteiger charge is -2.34. The molecule has 1 spiro atoms. The Morgan fingerprint density at radius 3 is 2.75 bits per heavy atom. The average molecular weight is 384 g/mol. The van der Waals surface area contributed by atoms with Crippen molar-refractivity contribution in [2.45, 2.75) is 44.6 Å². The minimum absolute atomic E-state index is 0.0134. The number of aryl methyl sites for hydroxylation is 1. The molecule has 4 N–H and O–H groups in total. The number of hydrogen-bond acceptors (Lipinski definition) is 7. The van der Waals surface area contributed by atoms with Gasteiger partial charge in [-0.15, -0.1) is 0 Å². The van der Waals surface area contributed by atoms with Gasteiger partial charge in [0.05, 0.1) is 12.2 Å². The molecule has 0 unspecified atom stereocenters. The number of nitrogens with zero attached hydrogens (tertiary/aromatic N) is 3. The van der Waals surface area contributed by atoms with E-state index in [2.05, 4.69) is 25.9 Å². The van der Waals surface area contributed by atoms with Gasteiger partial charge in [-0.25, -0.2) is 15.0 Å². The highest BCUT2D eigenvalue weighted by molar-refractivity contribution is 6.00. The first kappa shape index (κ1) is 18.4. The molecule has 0 aromatic carbocycles. The van der Waals surface area contributed by atoms with Crippen molar-refractivity contribution in [1.29, 1.82) is 0 Å². The molecular formula is C19H24N6O3. The molecule has 1 fully saturated rings. The molecule has 3 heterocycles. The largest absolute Gasteiger partial charge is 0.710 e. The van der Waals surface area contributed by atoms with E-state index in [9.17, 15) is 10.0 Å². The van der Waals surface area contributed by atoms with E-state index in [1.54, 1.807) is 12.1 Å². The lowest BCUT2D eigenvalue weighted by atomic mass is 9.79. The lowest BCUT2D eigenvalue weighted by Crippen LogP contribution is -2.49. The van der Waals surface area contributed by atoms with Crippen molar-refractivity contribution >= 4 is 23.4 Å². The second-order valence-electron chi connectivity index (χ2n) is 7.39. The van der Waals surface area contributed by atoms with Crippen molar-refractivity contribution in [3.05, 3.63) is 40.5 Å². The molecule has 2 aromatic heterocycles. The Kier molecular flexibility index (Phi) is 4.76. The fourth-order valence-electron chi connectivity index (χ4n) is 4.25. The van der Waals surface area contributed by atoms with E-state index in [1.807, 2.05) is 6.92 Å². The van der Waals surface area contributed by atoms with E-state index in [0.29, 0.717) is 35.3 Å². The fraction of sp³-hybridized carbons (Fsp3) is 0.474. The number of carbonyl (C=O) groups excluding carboxylic acids is 1. The number of fused-ring (bicyclic) bond motifs is 2. The number of carbonyl (C=O) groups is 1.